The Hall–Kier alpha value is -1.33. The summed E-state index contributed by atoms with van der Waals surface area (Å²) in [4.78, 5) is 13.1. The average molecular weight is 253 g/mol. The van der Waals surface area contributed by atoms with Crippen molar-refractivity contribution in [3.05, 3.63) is 23.2 Å². The SMILES string of the molecule is Cc1oc(CN2CCC(O)C(C)C2)cc1C(=O)O. The molecule has 0 aromatic carbocycles. The van der Waals surface area contributed by atoms with Crippen molar-refractivity contribution in [3.8, 4) is 0 Å². The molecule has 1 fully saturated rings. The lowest BCUT2D eigenvalue weighted by Crippen LogP contribution is -2.41. The maximum absolute atomic E-state index is 10.9. The van der Waals surface area contributed by atoms with E-state index in [0.29, 0.717) is 18.1 Å². The van der Waals surface area contributed by atoms with Gasteiger partial charge in [-0.05, 0) is 25.3 Å². The Morgan fingerprint density at radius 2 is 2.33 bits per heavy atom. The lowest BCUT2D eigenvalue weighted by molar-refractivity contribution is 0.0295. The molecular weight excluding hydrogens is 234 g/mol. The fourth-order valence-electron chi connectivity index (χ4n) is 2.42. The van der Waals surface area contributed by atoms with E-state index in [1.807, 2.05) is 6.92 Å². The van der Waals surface area contributed by atoms with Gasteiger partial charge in [0.15, 0.2) is 0 Å². The Bertz CT molecular complexity index is 440. The molecule has 2 unspecified atom stereocenters. The van der Waals surface area contributed by atoms with Crippen LogP contribution < -0.4 is 0 Å². The van der Waals surface area contributed by atoms with E-state index in [1.165, 1.54) is 0 Å². The van der Waals surface area contributed by atoms with Crippen molar-refractivity contribution in [3.63, 3.8) is 0 Å². The van der Waals surface area contributed by atoms with E-state index < -0.39 is 5.97 Å². The minimum Gasteiger partial charge on any atom is -0.478 e. The van der Waals surface area contributed by atoms with Crippen LogP contribution in [0, 0.1) is 12.8 Å². The fraction of sp³-hybridized carbons (Fsp3) is 0.615. The number of aromatic carboxylic acids is 1. The van der Waals surface area contributed by atoms with Crippen LogP contribution >= 0.6 is 0 Å². The summed E-state index contributed by atoms with van der Waals surface area (Å²) in [7, 11) is 0. The molecule has 1 aliphatic rings. The summed E-state index contributed by atoms with van der Waals surface area (Å²) in [6, 6.07) is 1.59. The molecule has 2 N–H and O–H groups in total. The van der Waals surface area contributed by atoms with Crippen LogP contribution in [-0.4, -0.2) is 40.3 Å². The second-order valence-electron chi connectivity index (χ2n) is 5.06. The number of hydrogen-bond acceptors (Lipinski definition) is 4. The standard InChI is InChI=1S/C13H19NO4/c1-8-6-14(4-3-12(8)15)7-10-5-11(13(16)17)9(2)18-10/h5,8,12,15H,3-4,6-7H2,1-2H3,(H,16,17). The van der Waals surface area contributed by atoms with Gasteiger partial charge in [0.25, 0.3) is 0 Å². The molecule has 0 radical (unpaired) electrons. The highest BCUT2D eigenvalue weighted by molar-refractivity contribution is 5.88. The molecule has 2 atom stereocenters. The molecule has 1 aromatic rings. The summed E-state index contributed by atoms with van der Waals surface area (Å²) < 4.78 is 5.46. The number of aryl methyl sites for hydroxylation is 1. The summed E-state index contributed by atoms with van der Waals surface area (Å²) in [5, 5.41) is 18.6. The second kappa shape index (κ2) is 5.12. The molecule has 1 aromatic heterocycles. The maximum atomic E-state index is 10.9. The third kappa shape index (κ3) is 2.73. The van der Waals surface area contributed by atoms with Gasteiger partial charge in [0, 0.05) is 13.1 Å². The summed E-state index contributed by atoms with van der Waals surface area (Å²) >= 11 is 0. The fourth-order valence-corrected chi connectivity index (χ4v) is 2.42. The molecular formula is C13H19NO4. The number of rotatable bonds is 3. The normalized spacial score (nSPS) is 25.3. The summed E-state index contributed by atoms with van der Waals surface area (Å²) in [5.41, 5.74) is 0.232. The Balaban J connectivity index is 2.02. The lowest BCUT2D eigenvalue weighted by Gasteiger charge is -2.33. The first-order valence-corrected chi connectivity index (χ1v) is 6.20. The molecule has 2 rings (SSSR count). The third-order valence-corrected chi connectivity index (χ3v) is 3.52. The highest BCUT2D eigenvalue weighted by Crippen LogP contribution is 2.21. The average Bonchev–Trinajstić information content (AvgIpc) is 2.65. The summed E-state index contributed by atoms with van der Waals surface area (Å²) in [5.74, 6) is 0.412. The maximum Gasteiger partial charge on any atom is 0.339 e. The minimum absolute atomic E-state index is 0.228. The van der Waals surface area contributed by atoms with E-state index in [0.717, 1.165) is 19.5 Å². The predicted molar refractivity (Wildman–Crippen MR) is 65.5 cm³/mol. The number of hydrogen-bond donors (Lipinski definition) is 2. The number of aliphatic hydroxyl groups is 1. The first-order valence-electron chi connectivity index (χ1n) is 6.20. The number of carboxylic acid groups (broad SMARTS) is 1. The van der Waals surface area contributed by atoms with E-state index in [-0.39, 0.29) is 17.6 Å². The monoisotopic (exact) mass is 253 g/mol. The molecule has 0 saturated carbocycles. The molecule has 0 amide bonds. The quantitative estimate of drug-likeness (QED) is 0.853. The number of piperidine rings is 1. The largest absolute Gasteiger partial charge is 0.478 e. The van der Waals surface area contributed by atoms with Crippen LogP contribution in [0.3, 0.4) is 0 Å². The third-order valence-electron chi connectivity index (χ3n) is 3.52. The molecule has 100 valence electrons. The van der Waals surface area contributed by atoms with Gasteiger partial charge in [-0.2, -0.15) is 0 Å². The van der Waals surface area contributed by atoms with Gasteiger partial charge in [-0.15, -0.1) is 0 Å². The van der Waals surface area contributed by atoms with E-state index in [4.69, 9.17) is 9.52 Å². The van der Waals surface area contributed by atoms with Gasteiger partial charge < -0.3 is 14.6 Å². The molecule has 1 aliphatic heterocycles. The molecule has 0 aliphatic carbocycles. The van der Waals surface area contributed by atoms with Crippen molar-refractivity contribution in [2.45, 2.75) is 32.9 Å². The van der Waals surface area contributed by atoms with Gasteiger partial charge in [-0.1, -0.05) is 6.92 Å². The zero-order valence-corrected chi connectivity index (χ0v) is 10.7. The molecule has 5 heteroatoms. The molecule has 0 spiro atoms. The first-order chi connectivity index (χ1) is 8.47. The Labute approximate surface area is 106 Å². The molecule has 1 saturated heterocycles. The van der Waals surface area contributed by atoms with Gasteiger partial charge in [-0.25, -0.2) is 4.79 Å². The highest BCUT2D eigenvalue weighted by Gasteiger charge is 2.25. The van der Waals surface area contributed by atoms with Crippen molar-refractivity contribution in [2.75, 3.05) is 13.1 Å². The Morgan fingerprint density at radius 1 is 1.61 bits per heavy atom. The van der Waals surface area contributed by atoms with Crippen molar-refractivity contribution in [1.82, 2.24) is 4.90 Å². The number of furan rings is 1. The summed E-state index contributed by atoms with van der Waals surface area (Å²) in [6.45, 7) is 5.91. The minimum atomic E-state index is -0.954. The van der Waals surface area contributed by atoms with Crippen LogP contribution in [0.1, 0.15) is 35.2 Å². The Morgan fingerprint density at radius 3 is 2.89 bits per heavy atom. The first kappa shape index (κ1) is 13.1. The lowest BCUT2D eigenvalue weighted by atomic mass is 9.97. The van der Waals surface area contributed by atoms with Crippen LogP contribution in [0.4, 0.5) is 0 Å². The topological polar surface area (TPSA) is 73.9 Å². The zero-order chi connectivity index (χ0) is 13.3. The van der Waals surface area contributed by atoms with Crippen LogP contribution in [0.15, 0.2) is 10.5 Å². The van der Waals surface area contributed by atoms with Gasteiger partial charge in [0.05, 0.1) is 12.6 Å². The highest BCUT2D eigenvalue weighted by atomic mass is 16.4. The number of likely N-dealkylation sites (tertiary alicyclic amines) is 1. The number of nitrogens with zero attached hydrogens (tertiary/aromatic N) is 1. The summed E-state index contributed by atoms with van der Waals surface area (Å²) in [6.07, 6.45) is 0.529. The van der Waals surface area contributed by atoms with E-state index in [9.17, 15) is 9.90 Å². The second-order valence-corrected chi connectivity index (χ2v) is 5.06. The number of carbonyl (C=O) groups is 1. The van der Waals surface area contributed by atoms with Crippen LogP contribution in [0.25, 0.3) is 0 Å². The zero-order valence-electron chi connectivity index (χ0n) is 10.7. The molecule has 0 bridgehead atoms. The number of aliphatic hydroxyl groups excluding tert-OH is 1. The molecule has 5 nitrogen and oxygen atoms in total. The van der Waals surface area contributed by atoms with E-state index in [2.05, 4.69) is 4.90 Å². The number of carboxylic acids is 1. The van der Waals surface area contributed by atoms with Gasteiger partial charge in [0.2, 0.25) is 0 Å². The van der Waals surface area contributed by atoms with Crippen molar-refractivity contribution < 1.29 is 19.4 Å². The van der Waals surface area contributed by atoms with Crippen molar-refractivity contribution >= 4 is 5.97 Å². The smallest absolute Gasteiger partial charge is 0.339 e. The van der Waals surface area contributed by atoms with E-state index >= 15 is 0 Å². The molecule has 2 heterocycles. The van der Waals surface area contributed by atoms with Crippen LogP contribution in [0.2, 0.25) is 0 Å². The van der Waals surface area contributed by atoms with Crippen molar-refractivity contribution in [2.24, 2.45) is 5.92 Å². The Kier molecular flexibility index (Phi) is 3.73. The van der Waals surface area contributed by atoms with Gasteiger partial charge >= 0.3 is 5.97 Å². The van der Waals surface area contributed by atoms with E-state index in [1.54, 1.807) is 13.0 Å². The van der Waals surface area contributed by atoms with Crippen LogP contribution in [0.5, 0.6) is 0 Å². The molecule has 18 heavy (non-hydrogen) atoms. The van der Waals surface area contributed by atoms with Gasteiger partial charge in [-0.3, -0.25) is 4.90 Å². The van der Waals surface area contributed by atoms with Crippen molar-refractivity contribution in [1.29, 1.82) is 0 Å². The predicted octanol–water partition coefficient (Wildman–Crippen LogP) is 1.49. The van der Waals surface area contributed by atoms with Crippen LogP contribution in [-0.2, 0) is 6.54 Å². The van der Waals surface area contributed by atoms with Gasteiger partial charge in [0.1, 0.15) is 17.1 Å².